The van der Waals surface area contributed by atoms with Crippen LogP contribution in [0.3, 0.4) is 0 Å². The van der Waals surface area contributed by atoms with Gasteiger partial charge in [0.15, 0.2) is 0 Å². The Labute approximate surface area is 247 Å². The van der Waals surface area contributed by atoms with E-state index in [-0.39, 0.29) is 24.7 Å². The molecule has 0 radical (unpaired) electrons. The van der Waals surface area contributed by atoms with Crippen molar-refractivity contribution in [3.8, 4) is 5.75 Å². The van der Waals surface area contributed by atoms with Gasteiger partial charge in [0.1, 0.15) is 11.8 Å². The van der Waals surface area contributed by atoms with Crippen molar-refractivity contribution in [1.29, 1.82) is 0 Å². The molecule has 0 aliphatic carbocycles. The molecule has 2 amide bonds. The standard InChI is InChI=1S/C32H29N3O8/c33-29(36)20-28(30(37)43-27-18-16-26(17-19-27)35(39)40)34-31(38)32(25-14-8-3-9-15-25,41-21-23-10-4-1-5-11-23)42-22-24-12-6-2-7-13-24/h1-19,28H,20-22H2,(H2,33,36)(H,34,38)/t28-/m0/s1. The van der Waals surface area contributed by atoms with Gasteiger partial charge in [0, 0.05) is 17.7 Å². The molecule has 0 spiro atoms. The Morgan fingerprint density at radius 1 is 0.767 bits per heavy atom. The Hall–Kier alpha value is -5.39. The number of esters is 1. The Bertz CT molecular complexity index is 1490. The van der Waals surface area contributed by atoms with Crippen LogP contribution in [-0.2, 0) is 42.9 Å². The molecule has 3 N–H and O–H groups in total. The summed E-state index contributed by atoms with van der Waals surface area (Å²) in [5.74, 6) is -4.89. The SMILES string of the molecule is NC(=O)C[C@H](NC(=O)C(OCc1ccccc1)(OCc1ccccc1)c1ccccc1)C(=O)Oc1ccc([N+](=O)[O-])cc1. The van der Waals surface area contributed by atoms with E-state index in [1.165, 1.54) is 12.1 Å². The Morgan fingerprint density at radius 2 is 1.26 bits per heavy atom. The summed E-state index contributed by atoms with van der Waals surface area (Å²) in [6.45, 7) is -0.0721. The first-order valence-electron chi connectivity index (χ1n) is 13.2. The van der Waals surface area contributed by atoms with Crippen LogP contribution in [0.5, 0.6) is 5.75 Å². The van der Waals surface area contributed by atoms with Crippen molar-refractivity contribution in [3.63, 3.8) is 0 Å². The number of nitro benzene ring substituents is 1. The van der Waals surface area contributed by atoms with Crippen molar-refractivity contribution in [1.82, 2.24) is 5.32 Å². The molecule has 0 heterocycles. The number of rotatable bonds is 14. The molecule has 0 aliphatic rings. The number of carbonyl (C=O) groups excluding carboxylic acids is 3. The van der Waals surface area contributed by atoms with Crippen LogP contribution in [0, 0.1) is 10.1 Å². The number of nitrogens with two attached hydrogens (primary N) is 1. The first-order chi connectivity index (χ1) is 20.8. The zero-order valence-corrected chi connectivity index (χ0v) is 23.0. The second-order valence-electron chi connectivity index (χ2n) is 9.40. The first kappa shape index (κ1) is 30.6. The third-order valence-corrected chi connectivity index (χ3v) is 6.28. The lowest BCUT2D eigenvalue weighted by Gasteiger charge is -2.34. The number of ether oxygens (including phenoxy) is 3. The number of non-ortho nitro benzene ring substituents is 1. The Balaban J connectivity index is 1.66. The highest BCUT2D eigenvalue weighted by atomic mass is 16.7. The molecular weight excluding hydrogens is 554 g/mol. The molecule has 11 nitrogen and oxygen atoms in total. The maximum absolute atomic E-state index is 14.2. The van der Waals surface area contributed by atoms with E-state index < -0.39 is 41.0 Å². The van der Waals surface area contributed by atoms with Crippen LogP contribution in [0.1, 0.15) is 23.1 Å². The number of nitrogens with one attached hydrogen (secondary N) is 1. The highest BCUT2D eigenvalue weighted by molar-refractivity contribution is 5.92. The molecule has 4 aromatic carbocycles. The number of hydrogen-bond acceptors (Lipinski definition) is 8. The summed E-state index contributed by atoms with van der Waals surface area (Å²) in [5, 5.41) is 13.5. The van der Waals surface area contributed by atoms with Gasteiger partial charge in [0.2, 0.25) is 5.91 Å². The summed E-state index contributed by atoms with van der Waals surface area (Å²) in [6.07, 6.45) is -0.597. The van der Waals surface area contributed by atoms with Crippen molar-refractivity contribution < 1.29 is 33.5 Å². The molecule has 0 saturated heterocycles. The normalized spacial score (nSPS) is 11.7. The summed E-state index contributed by atoms with van der Waals surface area (Å²) in [7, 11) is 0. The van der Waals surface area contributed by atoms with Crippen LogP contribution in [-0.4, -0.2) is 28.7 Å². The lowest BCUT2D eigenvalue weighted by molar-refractivity contribution is -0.384. The minimum Gasteiger partial charge on any atom is -0.425 e. The summed E-state index contributed by atoms with van der Waals surface area (Å²) in [4.78, 5) is 49.6. The van der Waals surface area contributed by atoms with Crippen molar-refractivity contribution in [2.24, 2.45) is 5.73 Å². The van der Waals surface area contributed by atoms with Gasteiger partial charge in [-0.2, -0.15) is 0 Å². The van der Waals surface area contributed by atoms with Crippen LogP contribution in [0.2, 0.25) is 0 Å². The quantitative estimate of drug-likeness (QED) is 0.0736. The average Bonchev–Trinajstić information content (AvgIpc) is 3.02. The van der Waals surface area contributed by atoms with Gasteiger partial charge in [-0.1, -0.05) is 91.0 Å². The molecule has 0 aromatic heterocycles. The van der Waals surface area contributed by atoms with Gasteiger partial charge in [-0.15, -0.1) is 0 Å². The van der Waals surface area contributed by atoms with Crippen LogP contribution in [0.4, 0.5) is 5.69 Å². The topological polar surface area (TPSA) is 160 Å². The maximum atomic E-state index is 14.2. The molecule has 4 rings (SSSR count). The van der Waals surface area contributed by atoms with E-state index in [2.05, 4.69) is 5.32 Å². The van der Waals surface area contributed by atoms with Gasteiger partial charge in [-0.25, -0.2) is 4.79 Å². The molecule has 220 valence electrons. The van der Waals surface area contributed by atoms with E-state index >= 15 is 0 Å². The molecule has 1 atom stereocenters. The predicted molar refractivity (Wildman–Crippen MR) is 155 cm³/mol. The van der Waals surface area contributed by atoms with Crippen molar-refractivity contribution >= 4 is 23.5 Å². The fourth-order valence-electron chi connectivity index (χ4n) is 4.12. The van der Waals surface area contributed by atoms with Crippen molar-refractivity contribution in [2.45, 2.75) is 31.5 Å². The maximum Gasteiger partial charge on any atom is 0.334 e. The molecule has 0 unspecified atom stereocenters. The smallest absolute Gasteiger partial charge is 0.334 e. The highest BCUT2D eigenvalue weighted by Crippen LogP contribution is 2.31. The van der Waals surface area contributed by atoms with Gasteiger partial charge in [-0.05, 0) is 23.3 Å². The van der Waals surface area contributed by atoms with Gasteiger partial charge in [0.05, 0.1) is 24.6 Å². The number of hydrogen-bond donors (Lipinski definition) is 2. The lowest BCUT2D eigenvalue weighted by Crippen LogP contribution is -2.54. The monoisotopic (exact) mass is 583 g/mol. The second-order valence-corrected chi connectivity index (χ2v) is 9.40. The molecule has 43 heavy (non-hydrogen) atoms. The number of nitro groups is 1. The number of nitrogens with zero attached hydrogens (tertiary/aromatic N) is 1. The molecule has 0 fully saturated rings. The molecular formula is C32H29N3O8. The minimum absolute atomic E-state index is 0.0331. The largest absolute Gasteiger partial charge is 0.425 e. The summed E-state index contributed by atoms with van der Waals surface area (Å²) < 4.78 is 17.8. The number of benzene rings is 4. The van der Waals surface area contributed by atoms with Crippen LogP contribution < -0.4 is 15.8 Å². The summed E-state index contributed by atoms with van der Waals surface area (Å²) in [6, 6.07) is 30.0. The lowest BCUT2D eigenvalue weighted by atomic mass is 10.0. The fraction of sp³-hybridized carbons (Fsp3) is 0.156. The van der Waals surface area contributed by atoms with Crippen LogP contribution in [0.25, 0.3) is 0 Å². The molecule has 4 aromatic rings. The molecule has 0 saturated carbocycles. The van der Waals surface area contributed by atoms with E-state index in [1.807, 2.05) is 60.7 Å². The third kappa shape index (κ3) is 8.32. The number of primary amides is 1. The van der Waals surface area contributed by atoms with Crippen LogP contribution in [0.15, 0.2) is 115 Å². The fourth-order valence-corrected chi connectivity index (χ4v) is 4.12. The van der Waals surface area contributed by atoms with E-state index in [9.17, 15) is 24.5 Å². The van der Waals surface area contributed by atoms with E-state index in [0.717, 1.165) is 23.3 Å². The minimum atomic E-state index is -2.07. The molecule has 0 bridgehead atoms. The first-order valence-corrected chi connectivity index (χ1v) is 13.2. The number of carbonyl (C=O) groups is 3. The van der Waals surface area contributed by atoms with Crippen LogP contribution >= 0.6 is 0 Å². The molecule has 11 heteroatoms. The zero-order chi connectivity index (χ0) is 30.7. The summed E-state index contributed by atoms with van der Waals surface area (Å²) in [5.41, 5.74) is 7.04. The van der Waals surface area contributed by atoms with Gasteiger partial charge in [-0.3, -0.25) is 19.7 Å². The second kappa shape index (κ2) is 14.5. The molecule has 0 aliphatic heterocycles. The number of amides is 2. The Morgan fingerprint density at radius 3 is 1.72 bits per heavy atom. The van der Waals surface area contributed by atoms with Gasteiger partial charge in [0.25, 0.3) is 17.4 Å². The van der Waals surface area contributed by atoms with E-state index in [4.69, 9.17) is 19.9 Å². The van der Waals surface area contributed by atoms with Crippen molar-refractivity contribution in [3.05, 3.63) is 142 Å². The van der Waals surface area contributed by atoms with Gasteiger partial charge < -0.3 is 25.3 Å². The van der Waals surface area contributed by atoms with E-state index in [1.54, 1.807) is 30.3 Å². The predicted octanol–water partition coefficient (Wildman–Crippen LogP) is 4.15. The Kier molecular flexibility index (Phi) is 10.3. The zero-order valence-electron chi connectivity index (χ0n) is 23.0. The highest BCUT2D eigenvalue weighted by Gasteiger charge is 2.45. The van der Waals surface area contributed by atoms with Gasteiger partial charge >= 0.3 is 5.97 Å². The van der Waals surface area contributed by atoms with Crippen molar-refractivity contribution in [2.75, 3.05) is 0 Å². The average molecular weight is 584 g/mol. The third-order valence-electron chi connectivity index (χ3n) is 6.28. The van der Waals surface area contributed by atoms with E-state index in [0.29, 0.717) is 5.56 Å². The summed E-state index contributed by atoms with van der Waals surface area (Å²) >= 11 is 0.